The van der Waals surface area contributed by atoms with Crippen molar-refractivity contribution in [2.24, 2.45) is 0 Å². The molecule has 0 saturated carbocycles. The average molecular weight is 403 g/mol. The summed E-state index contributed by atoms with van der Waals surface area (Å²) >= 11 is 0. The number of nitrogens with zero attached hydrogens (tertiary/aromatic N) is 4. The molecule has 1 N–H and O–H groups in total. The summed E-state index contributed by atoms with van der Waals surface area (Å²) in [6, 6.07) is 15.6. The zero-order valence-electron chi connectivity index (χ0n) is 17.2. The van der Waals surface area contributed by atoms with E-state index in [1.54, 1.807) is 21.7 Å². The quantitative estimate of drug-likeness (QED) is 0.515. The van der Waals surface area contributed by atoms with Gasteiger partial charge in [-0.15, -0.1) is 0 Å². The first-order valence-electron chi connectivity index (χ1n) is 10.1. The number of hydrogen-bond acceptors (Lipinski definition) is 3. The monoisotopic (exact) mass is 403 g/mol. The van der Waals surface area contributed by atoms with Crippen LogP contribution < -0.4 is 11.0 Å². The Balaban J connectivity index is 1.41. The van der Waals surface area contributed by atoms with Gasteiger partial charge in [0.2, 0.25) is 5.91 Å². The van der Waals surface area contributed by atoms with E-state index in [2.05, 4.69) is 10.3 Å². The normalized spacial score (nSPS) is 12.2. The Morgan fingerprint density at radius 3 is 2.40 bits per heavy atom. The molecule has 7 nitrogen and oxygen atoms in total. The first-order chi connectivity index (χ1) is 14.6. The number of benzene rings is 2. The molecule has 2 aromatic heterocycles. The molecular weight excluding hydrogens is 378 g/mol. The molecule has 7 heteroatoms. The predicted molar refractivity (Wildman–Crippen MR) is 117 cm³/mol. The number of rotatable bonds is 7. The van der Waals surface area contributed by atoms with Crippen LogP contribution in [0.15, 0.2) is 72.0 Å². The molecule has 0 aliphatic carbocycles. The SMILES string of the molecule is CCn1c(=O)n(CCC(=O)NC(C)c2ccc(-n3ccnc3)cc2)c2ccccc21. The predicted octanol–water partition coefficient (Wildman–Crippen LogP) is 3.28. The number of hydrogen-bond donors (Lipinski definition) is 1. The van der Waals surface area contributed by atoms with E-state index >= 15 is 0 Å². The van der Waals surface area contributed by atoms with Crippen LogP contribution in [0.2, 0.25) is 0 Å². The number of aryl methyl sites for hydroxylation is 2. The summed E-state index contributed by atoms with van der Waals surface area (Å²) in [6.07, 6.45) is 5.62. The fourth-order valence-electron chi connectivity index (χ4n) is 3.75. The Hall–Kier alpha value is -3.61. The maximum Gasteiger partial charge on any atom is 0.329 e. The van der Waals surface area contributed by atoms with Crippen molar-refractivity contribution in [2.75, 3.05) is 0 Å². The molecular formula is C23H25N5O2. The Bertz CT molecular complexity index is 1200. The number of aromatic nitrogens is 4. The third kappa shape index (κ3) is 3.78. The summed E-state index contributed by atoms with van der Waals surface area (Å²) in [5.74, 6) is -0.0820. The zero-order chi connectivity index (χ0) is 21.1. The number of fused-ring (bicyclic) bond motifs is 1. The summed E-state index contributed by atoms with van der Waals surface area (Å²) in [6.45, 7) is 4.86. The van der Waals surface area contributed by atoms with Crippen molar-refractivity contribution in [3.8, 4) is 5.69 Å². The summed E-state index contributed by atoms with van der Waals surface area (Å²) in [5, 5.41) is 3.03. The lowest BCUT2D eigenvalue weighted by Gasteiger charge is -2.15. The zero-order valence-corrected chi connectivity index (χ0v) is 17.2. The second-order valence-electron chi connectivity index (χ2n) is 7.27. The molecule has 4 rings (SSSR count). The van der Waals surface area contributed by atoms with Crippen LogP contribution in [0.1, 0.15) is 31.9 Å². The van der Waals surface area contributed by atoms with Gasteiger partial charge in [0.05, 0.1) is 23.4 Å². The highest BCUT2D eigenvalue weighted by Gasteiger charge is 2.14. The fraction of sp³-hybridized carbons (Fsp3) is 0.261. The van der Waals surface area contributed by atoms with Crippen molar-refractivity contribution in [1.82, 2.24) is 24.0 Å². The molecule has 1 unspecified atom stereocenters. The van der Waals surface area contributed by atoms with Gasteiger partial charge in [-0.3, -0.25) is 13.9 Å². The molecule has 0 saturated heterocycles. The lowest BCUT2D eigenvalue weighted by molar-refractivity contribution is -0.121. The number of para-hydroxylation sites is 2. The Labute approximate surface area is 174 Å². The van der Waals surface area contributed by atoms with E-state index in [1.807, 2.05) is 73.1 Å². The average Bonchev–Trinajstić information content (AvgIpc) is 3.38. The highest BCUT2D eigenvalue weighted by Crippen LogP contribution is 2.16. The van der Waals surface area contributed by atoms with E-state index in [1.165, 1.54) is 0 Å². The topological polar surface area (TPSA) is 73.8 Å². The lowest BCUT2D eigenvalue weighted by atomic mass is 10.1. The van der Waals surface area contributed by atoms with Gasteiger partial charge in [0.15, 0.2) is 0 Å². The van der Waals surface area contributed by atoms with Gasteiger partial charge in [0, 0.05) is 37.6 Å². The highest BCUT2D eigenvalue weighted by atomic mass is 16.2. The largest absolute Gasteiger partial charge is 0.350 e. The van der Waals surface area contributed by atoms with Gasteiger partial charge in [-0.1, -0.05) is 24.3 Å². The molecule has 0 aliphatic rings. The summed E-state index contributed by atoms with van der Waals surface area (Å²) in [7, 11) is 0. The summed E-state index contributed by atoms with van der Waals surface area (Å²) in [4.78, 5) is 29.3. The second kappa shape index (κ2) is 8.41. The van der Waals surface area contributed by atoms with Gasteiger partial charge in [0.1, 0.15) is 0 Å². The molecule has 0 spiro atoms. The lowest BCUT2D eigenvalue weighted by Crippen LogP contribution is -2.30. The number of carbonyl (C=O) groups is 1. The second-order valence-corrected chi connectivity index (χ2v) is 7.27. The molecule has 4 aromatic rings. The minimum Gasteiger partial charge on any atom is -0.350 e. The van der Waals surface area contributed by atoms with Crippen LogP contribution in [0.3, 0.4) is 0 Å². The van der Waals surface area contributed by atoms with Crippen molar-refractivity contribution < 1.29 is 4.79 Å². The first kappa shape index (κ1) is 19.7. The van der Waals surface area contributed by atoms with Crippen molar-refractivity contribution in [3.05, 3.63) is 83.3 Å². The van der Waals surface area contributed by atoms with E-state index in [0.717, 1.165) is 22.3 Å². The molecule has 2 heterocycles. The molecule has 154 valence electrons. The third-order valence-electron chi connectivity index (χ3n) is 5.38. The first-order valence-corrected chi connectivity index (χ1v) is 10.1. The van der Waals surface area contributed by atoms with Gasteiger partial charge in [-0.2, -0.15) is 0 Å². The van der Waals surface area contributed by atoms with Gasteiger partial charge < -0.3 is 9.88 Å². The van der Waals surface area contributed by atoms with Crippen molar-refractivity contribution in [2.45, 2.75) is 39.4 Å². The Morgan fingerprint density at radius 1 is 1.07 bits per heavy atom. The molecule has 0 fully saturated rings. The van der Waals surface area contributed by atoms with E-state index in [9.17, 15) is 9.59 Å². The van der Waals surface area contributed by atoms with E-state index in [4.69, 9.17) is 0 Å². The van der Waals surface area contributed by atoms with Gasteiger partial charge in [-0.05, 0) is 43.7 Å². The number of imidazole rings is 2. The third-order valence-corrected chi connectivity index (χ3v) is 5.38. The van der Waals surface area contributed by atoms with Gasteiger partial charge >= 0.3 is 5.69 Å². The standard InChI is InChI=1S/C23H25N5O2/c1-3-27-20-6-4-5-7-21(20)28(23(27)30)14-12-22(29)25-17(2)18-8-10-19(11-9-18)26-15-13-24-16-26/h4-11,13,15-17H,3,12,14H2,1-2H3,(H,25,29). The van der Waals surface area contributed by atoms with Crippen molar-refractivity contribution in [3.63, 3.8) is 0 Å². The van der Waals surface area contributed by atoms with Crippen LogP contribution in [0.4, 0.5) is 0 Å². The van der Waals surface area contributed by atoms with Crippen molar-refractivity contribution >= 4 is 16.9 Å². The maximum atomic E-state index is 12.7. The van der Waals surface area contributed by atoms with Gasteiger partial charge in [-0.25, -0.2) is 9.78 Å². The Morgan fingerprint density at radius 2 is 1.77 bits per heavy atom. The Kier molecular flexibility index (Phi) is 5.52. The van der Waals surface area contributed by atoms with E-state index in [-0.39, 0.29) is 24.1 Å². The molecule has 0 aliphatic heterocycles. The summed E-state index contributed by atoms with van der Waals surface area (Å²) < 4.78 is 5.35. The van der Waals surface area contributed by atoms with Gasteiger partial charge in [0.25, 0.3) is 0 Å². The van der Waals surface area contributed by atoms with Crippen LogP contribution >= 0.6 is 0 Å². The van der Waals surface area contributed by atoms with Crippen LogP contribution in [0.25, 0.3) is 16.7 Å². The van der Waals surface area contributed by atoms with E-state index < -0.39 is 0 Å². The summed E-state index contributed by atoms with van der Waals surface area (Å²) in [5.41, 5.74) is 3.72. The minimum absolute atomic E-state index is 0.0744. The highest BCUT2D eigenvalue weighted by molar-refractivity contribution is 5.78. The van der Waals surface area contributed by atoms with Crippen LogP contribution in [0, 0.1) is 0 Å². The molecule has 1 atom stereocenters. The number of carbonyl (C=O) groups excluding carboxylic acids is 1. The fourth-order valence-corrected chi connectivity index (χ4v) is 3.75. The van der Waals surface area contributed by atoms with Crippen LogP contribution in [0.5, 0.6) is 0 Å². The van der Waals surface area contributed by atoms with E-state index in [0.29, 0.717) is 13.1 Å². The molecule has 0 bridgehead atoms. The van der Waals surface area contributed by atoms with Crippen LogP contribution in [-0.2, 0) is 17.9 Å². The number of nitrogens with one attached hydrogen (secondary N) is 1. The van der Waals surface area contributed by atoms with Crippen LogP contribution in [-0.4, -0.2) is 24.6 Å². The smallest absolute Gasteiger partial charge is 0.329 e. The molecule has 2 aromatic carbocycles. The minimum atomic E-state index is -0.122. The number of amides is 1. The maximum absolute atomic E-state index is 12.7. The van der Waals surface area contributed by atoms with Crippen molar-refractivity contribution in [1.29, 1.82) is 0 Å². The molecule has 30 heavy (non-hydrogen) atoms. The molecule has 1 amide bonds. The molecule has 0 radical (unpaired) electrons.